The van der Waals surface area contributed by atoms with E-state index < -0.39 is 0 Å². The average Bonchev–Trinajstić information content (AvgIpc) is 2.89. The summed E-state index contributed by atoms with van der Waals surface area (Å²) >= 11 is 0. The van der Waals surface area contributed by atoms with E-state index in [0.717, 1.165) is 56.4 Å². The van der Waals surface area contributed by atoms with Crippen LogP contribution in [0, 0.1) is 11.8 Å². The first-order valence-electron chi connectivity index (χ1n) is 13.9. The summed E-state index contributed by atoms with van der Waals surface area (Å²) in [6.45, 7) is 6.63. The van der Waals surface area contributed by atoms with Gasteiger partial charge >= 0.3 is 5.97 Å². The first-order valence-corrected chi connectivity index (χ1v) is 13.9. The van der Waals surface area contributed by atoms with Crippen LogP contribution >= 0.6 is 0 Å². The summed E-state index contributed by atoms with van der Waals surface area (Å²) in [5.74, 6) is 2.66. The van der Waals surface area contributed by atoms with Crippen molar-refractivity contribution in [2.45, 2.75) is 110 Å². The standard InChI is InChI=1S/C30H44N2O3/c1-4-7-9-11-23-13-15-25(16-14-23)30(33)35-27-19-17-24(18-20-27)29-31-21-28(22-32-29)34-26(10-6-3)12-8-5-2/h17-23,25-26H,4-16H2,1-3H3. The van der Waals surface area contributed by atoms with Gasteiger partial charge in [0.25, 0.3) is 0 Å². The highest BCUT2D eigenvalue weighted by atomic mass is 16.5. The quantitative estimate of drug-likeness (QED) is 0.155. The highest BCUT2D eigenvalue weighted by Crippen LogP contribution is 2.33. The number of esters is 1. The predicted octanol–water partition coefficient (Wildman–Crippen LogP) is 8.17. The Labute approximate surface area is 212 Å². The van der Waals surface area contributed by atoms with Crippen LogP contribution in [0.25, 0.3) is 11.4 Å². The first-order chi connectivity index (χ1) is 17.1. The number of carbonyl (C=O) groups excluding carboxylic acids is 1. The van der Waals surface area contributed by atoms with Gasteiger partial charge in [-0.3, -0.25) is 4.79 Å². The molecule has 192 valence electrons. The van der Waals surface area contributed by atoms with E-state index in [1.165, 1.54) is 38.5 Å². The molecule has 35 heavy (non-hydrogen) atoms. The summed E-state index contributed by atoms with van der Waals surface area (Å²) < 4.78 is 11.8. The Morgan fingerprint density at radius 2 is 1.54 bits per heavy atom. The lowest BCUT2D eigenvalue weighted by Gasteiger charge is -2.27. The van der Waals surface area contributed by atoms with Crippen LogP contribution in [-0.2, 0) is 4.79 Å². The third-order valence-electron chi connectivity index (χ3n) is 7.15. The van der Waals surface area contributed by atoms with Crippen molar-refractivity contribution in [3.63, 3.8) is 0 Å². The van der Waals surface area contributed by atoms with Gasteiger partial charge in [-0.15, -0.1) is 0 Å². The second kappa shape index (κ2) is 14.9. The minimum absolute atomic E-state index is 0.0295. The van der Waals surface area contributed by atoms with Crippen LogP contribution in [0.2, 0.25) is 0 Å². The molecule has 0 radical (unpaired) electrons. The second-order valence-corrected chi connectivity index (χ2v) is 10.1. The minimum Gasteiger partial charge on any atom is -0.487 e. The fourth-order valence-electron chi connectivity index (χ4n) is 4.98. The number of hydrogen-bond acceptors (Lipinski definition) is 5. The molecule has 0 aliphatic heterocycles. The molecular weight excluding hydrogens is 436 g/mol. The number of nitrogens with zero attached hydrogens (tertiary/aromatic N) is 2. The largest absolute Gasteiger partial charge is 0.487 e. The van der Waals surface area contributed by atoms with E-state index in [2.05, 4.69) is 30.7 Å². The van der Waals surface area contributed by atoms with E-state index in [1.807, 2.05) is 24.3 Å². The van der Waals surface area contributed by atoms with Crippen LogP contribution in [0.4, 0.5) is 0 Å². The summed E-state index contributed by atoms with van der Waals surface area (Å²) in [5.41, 5.74) is 0.889. The number of rotatable bonds is 14. The number of hydrogen-bond donors (Lipinski definition) is 0. The van der Waals surface area contributed by atoms with Gasteiger partial charge in [-0.05, 0) is 68.7 Å². The molecule has 1 aromatic carbocycles. The Morgan fingerprint density at radius 3 is 2.17 bits per heavy atom. The zero-order chi connectivity index (χ0) is 24.9. The Hall–Kier alpha value is -2.43. The summed E-state index contributed by atoms with van der Waals surface area (Å²) in [5, 5.41) is 0. The Balaban J connectivity index is 1.48. The maximum Gasteiger partial charge on any atom is 0.314 e. The van der Waals surface area contributed by atoms with Crippen molar-refractivity contribution < 1.29 is 14.3 Å². The molecule has 2 aromatic rings. The maximum absolute atomic E-state index is 12.7. The van der Waals surface area contributed by atoms with Gasteiger partial charge in [0.1, 0.15) is 5.75 Å². The lowest BCUT2D eigenvalue weighted by atomic mass is 9.80. The van der Waals surface area contributed by atoms with Crippen molar-refractivity contribution in [2.24, 2.45) is 11.8 Å². The van der Waals surface area contributed by atoms with E-state index in [1.54, 1.807) is 12.4 Å². The Kier molecular flexibility index (Phi) is 11.5. The monoisotopic (exact) mass is 480 g/mol. The van der Waals surface area contributed by atoms with E-state index >= 15 is 0 Å². The molecule has 1 unspecified atom stereocenters. The van der Waals surface area contributed by atoms with Gasteiger partial charge < -0.3 is 9.47 Å². The number of carbonyl (C=O) groups is 1. The van der Waals surface area contributed by atoms with Crippen LogP contribution < -0.4 is 9.47 Å². The van der Waals surface area contributed by atoms with Crippen LogP contribution in [0.1, 0.15) is 104 Å². The number of aromatic nitrogens is 2. The summed E-state index contributed by atoms with van der Waals surface area (Å²) in [6, 6.07) is 7.48. The molecule has 0 amide bonds. The van der Waals surface area contributed by atoms with Gasteiger partial charge in [0.05, 0.1) is 24.4 Å². The van der Waals surface area contributed by atoms with Gasteiger partial charge in [0.15, 0.2) is 11.6 Å². The number of unbranched alkanes of at least 4 members (excludes halogenated alkanes) is 3. The first kappa shape index (κ1) is 27.2. The second-order valence-electron chi connectivity index (χ2n) is 10.1. The molecule has 3 rings (SSSR count). The molecule has 0 spiro atoms. The molecule has 0 bridgehead atoms. The molecule has 5 heteroatoms. The fraction of sp³-hybridized carbons (Fsp3) is 0.633. The molecule has 0 saturated heterocycles. The highest BCUT2D eigenvalue weighted by molar-refractivity contribution is 5.75. The van der Waals surface area contributed by atoms with Crippen molar-refractivity contribution in [2.75, 3.05) is 0 Å². The Morgan fingerprint density at radius 1 is 0.857 bits per heavy atom. The molecule has 1 heterocycles. The highest BCUT2D eigenvalue weighted by Gasteiger charge is 2.27. The van der Waals surface area contributed by atoms with E-state index in [-0.39, 0.29) is 18.0 Å². The molecule has 1 aliphatic carbocycles. The summed E-state index contributed by atoms with van der Waals surface area (Å²) in [7, 11) is 0. The minimum atomic E-state index is -0.0905. The van der Waals surface area contributed by atoms with E-state index in [0.29, 0.717) is 17.3 Å². The average molecular weight is 481 g/mol. The van der Waals surface area contributed by atoms with E-state index in [9.17, 15) is 4.79 Å². The van der Waals surface area contributed by atoms with Crippen molar-refractivity contribution in [3.05, 3.63) is 36.7 Å². The van der Waals surface area contributed by atoms with Crippen LogP contribution in [-0.4, -0.2) is 22.0 Å². The molecule has 5 nitrogen and oxygen atoms in total. The van der Waals surface area contributed by atoms with Crippen molar-refractivity contribution in [1.82, 2.24) is 9.97 Å². The van der Waals surface area contributed by atoms with Crippen molar-refractivity contribution >= 4 is 5.97 Å². The topological polar surface area (TPSA) is 61.3 Å². The number of ether oxygens (including phenoxy) is 2. The zero-order valence-corrected chi connectivity index (χ0v) is 22.0. The van der Waals surface area contributed by atoms with Gasteiger partial charge in [-0.25, -0.2) is 9.97 Å². The molecule has 1 aromatic heterocycles. The molecular formula is C30H44N2O3. The van der Waals surface area contributed by atoms with Crippen LogP contribution in [0.3, 0.4) is 0 Å². The van der Waals surface area contributed by atoms with Gasteiger partial charge in [0.2, 0.25) is 0 Å². The van der Waals surface area contributed by atoms with Crippen LogP contribution in [0.15, 0.2) is 36.7 Å². The van der Waals surface area contributed by atoms with Crippen LogP contribution in [0.5, 0.6) is 11.5 Å². The van der Waals surface area contributed by atoms with Gasteiger partial charge in [-0.2, -0.15) is 0 Å². The fourth-order valence-corrected chi connectivity index (χ4v) is 4.98. The smallest absolute Gasteiger partial charge is 0.314 e. The molecule has 0 N–H and O–H groups in total. The normalized spacial score (nSPS) is 18.7. The SMILES string of the molecule is CCCCCC1CCC(C(=O)Oc2ccc(-c3ncc(OC(CCC)CCCC)cn3)cc2)CC1. The lowest BCUT2D eigenvalue weighted by molar-refractivity contribution is -0.140. The van der Waals surface area contributed by atoms with Gasteiger partial charge in [0, 0.05) is 5.56 Å². The van der Waals surface area contributed by atoms with E-state index in [4.69, 9.17) is 9.47 Å². The molecule has 1 atom stereocenters. The summed E-state index contributed by atoms with van der Waals surface area (Å²) in [4.78, 5) is 21.7. The van der Waals surface area contributed by atoms with Crippen molar-refractivity contribution in [3.8, 4) is 22.9 Å². The van der Waals surface area contributed by atoms with Crippen molar-refractivity contribution in [1.29, 1.82) is 0 Å². The third-order valence-corrected chi connectivity index (χ3v) is 7.15. The molecule has 1 aliphatic rings. The third kappa shape index (κ3) is 8.94. The molecule has 1 fully saturated rings. The molecule has 1 saturated carbocycles. The summed E-state index contributed by atoms with van der Waals surface area (Å²) in [6.07, 6.45) is 18.7. The predicted molar refractivity (Wildman–Crippen MR) is 142 cm³/mol. The Bertz CT molecular complexity index is 858. The number of benzene rings is 1. The maximum atomic E-state index is 12.7. The zero-order valence-electron chi connectivity index (χ0n) is 22.0. The van der Waals surface area contributed by atoms with Gasteiger partial charge in [-0.1, -0.05) is 65.7 Å². The lowest BCUT2D eigenvalue weighted by Crippen LogP contribution is -2.25.